The molecule has 3 aromatic carbocycles. The van der Waals surface area contributed by atoms with Crippen LogP contribution in [0.2, 0.25) is 0 Å². The van der Waals surface area contributed by atoms with Gasteiger partial charge in [0.1, 0.15) is 11.1 Å². The highest BCUT2D eigenvalue weighted by atomic mass is 32.2. The first-order chi connectivity index (χ1) is 16.5. The number of amides is 1. The third-order valence-corrected chi connectivity index (χ3v) is 6.68. The fourth-order valence-corrected chi connectivity index (χ4v) is 4.53. The predicted octanol–water partition coefficient (Wildman–Crippen LogP) is 7.02. The molecule has 0 spiro atoms. The molecule has 4 aromatic rings. The average Bonchev–Trinajstić information content (AvgIpc) is 2.86. The van der Waals surface area contributed by atoms with Gasteiger partial charge in [0.15, 0.2) is 0 Å². The summed E-state index contributed by atoms with van der Waals surface area (Å²) in [6, 6.07) is 29.9. The number of anilines is 1. The molecule has 4 nitrogen and oxygen atoms in total. The summed E-state index contributed by atoms with van der Waals surface area (Å²) in [7, 11) is 0. The Morgan fingerprint density at radius 3 is 2.29 bits per heavy atom. The van der Waals surface area contributed by atoms with Crippen LogP contribution in [0.25, 0.3) is 22.4 Å². The van der Waals surface area contributed by atoms with Crippen LogP contribution in [0.1, 0.15) is 23.6 Å². The van der Waals surface area contributed by atoms with Crippen molar-refractivity contribution in [2.24, 2.45) is 0 Å². The summed E-state index contributed by atoms with van der Waals surface area (Å²) in [5.74, 6) is -0.132. The van der Waals surface area contributed by atoms with Crippen LogP contribution in [0.5, 0.6) is 0 Å². The Hall–Kier alpha value is -3.88. The number of carbonyl (C=O) groups is 1. The van der Waals surface area contributed by atoms with Gasteiger partial charge in [-0.3, -0.25) is 4.79 Å². The minimum absolute atomic E-state index is 0.132. The number of carbonyl (C=O) groups excluding carboxylic acids is 1. The lowest BCUT2D eigenvalue weighted by atomic mass is 9.99. The van der Waals surface area contributed by atoms with E-state index in [1.165, 1.54) is 11.8 Å². The minimum atomic E-state index is -0.448. The lowest BCUT2D eigenvalue weighted by Crippen LogP contribution is -2.23. The Balaban J connectivity index is 1.73. The lowest BCUT2D eigenvalue weighted by Gasteiger charge is -2.16. The van der Waals surface area contributed by atoms with Crippen LogP contribution in [0.4, 0.5) is 5.69 Å². The van der Waals surface area contributed by atoms with Gasteiger partial charge < -0.3 is 5.32 Å². The van der Waals surface area contributed by atoms with Crippen molar-refractivity contribution in [1.82, 2.24) is 4.98 Å². The van der Waals surface area contributed by atoms with E-state index in [4.69, 9.17) is 4.98 Å². The third-order valence-electron chi connectivity index (χ3n) is 5.59. The van der Waals surface area contributed by atoms with Gasteiger partial charge in [0, 0.05) is 16.8 Å². The number of para-hydroxylation sites is 1. The van der Waals surface area contributed by atoms with Gasteiger partial charge in [-0.1, -0.05) is 90.1 Å². The van der Waals surface area contributed by atoms with E-state index >= 15 is 0 Å². The van der Waals surface area contributed by atoms with Crippen molar-refractivity contribution in [3.8, 4) is 28.5 Å². The van der Waals surface area contributed by atoms with Crippen LogP contribution >= 0.6 is 11.8 Å². The fraction of sp³-hybridized carbons (Fsp3) is 0.138. The quantitative estimate of drug-likeness (QED) is 0.312. The number of pyridine rings is 1. The molecule has 0 saturated heterocycles. The Bertz CT molecular complexity index is 1360. The normalized spacial score (nSPS) is 11.5. The molecule has 1 atom stereocenters. The van der Waals surface area contributed by atoms with E-state index in [-0.39, 0.29) is 5.91 Å². The van der Waals surface area contributed by atoms with Gasteiger partial charge >= 0.3 is 0 Å². The van der Waals surface area contributed by atoms with Crippen molar-refractivity contribution in [2.75, 3.05) is 5.32 Å². The van der Waals surface area contributed by atoms with Crippen molar-refractivity contribution in [1.29, 1.82) is 5.26 Å². The number of thioether (sulfide) groups is 1. The highest BCUT2D eigenvalue weighted by molar-refractivity contribution is 8.00. The lowest BCUT2D eigenvalue weighted by molar-refractivity contribution is -0.115. The van der Waals surface area contributed by atoms with Crippen molar-refractivity contribution < 1.29 is 4.79 Å². The zero-order valence-corrected chi connectivity index (χ0v) is 20.2. The summed E-state index contributed by atoms with van der Waals surface area (Å²) in [6.07, 6.45) is 0. The van der Waals surface area contributed by atoms with E-state index in [9.17, 15) is 10.1 Å². The average molecular weight is 464 g/mol. The second-order valence-corrected chi connectivity index (χ2v) is 9.47. The zero-order chi connectivity index (χ0) is 24.1. The molecule has 0 saturated carbocycles. The molecular weight excluding hydrogens is 438 g/mol. The smallest absolute Gasteiger partial charge is 0.237 e. The van der Waals surface area contributed by atoms with E-state index in [0.717, 1.165) is 39.2 Å². The van der Waals surface area contributed by atoms with E-state index in [1.54, 1.807) is 0 Å². The highest BCUT2D eigenvalue weighted by Gasteiger charge is 2.21. The summed E-state index contributed by atoms with van der Waals surface area (Å²) < 4.78 is 0. The van der Waals surface area contributed by atoms with Gasteiger partial charge in [0.25, 0.3) is 0 Å². The standard InChI is InChI=1S/C29H25N3OS/c1-19-13-15-23(16-14-19)27-17-24(22-10-5-4-6-11-22)25(18-30)29(32-27)34-21(3)28(33)31-26-12-8-7-9-20(26)2/h4-17,21H,1-3H3,(H,31,33)/t21-/m1/s1. The van der Waals surface area contributed by atoms with Gasteiger partial charge in [0.05, 0.1) is 16.5 Å². The summed E-state index contributed by atoms with van der Waals surface area (Å²) >= 11 is 1.30. The molecular formula is C29H25N3OS. The topological polar surface area (TPSA) is 65.8 Å². The monoisotopic (exact) mass is 463 g/mol. The molecule has 0 aliphatic heterocycles. The maximum atomic E-state index is 13.0. The predicted molar refractivity (Wildman–Crippen MR) is 140 cm³/mol. The van der Waals surface area contributed by atoms with Crippen LogP contribution in [0.15, 0.2) is 90.0 Å². The molecule has 1 N–H and O–H groups in total. The van der Waals surface area contributed by atoms with Crippen molar-refractivity contribution >= 4 is 23.4 Å². The number of nitriles is 1. The van der Waals surface area contributed by atoms with Gasteiger partial charge in [-0.05, 0) is 44.0 Å². The number of nitrogens with one attached hydrogen (secondary N) is 1. The second-order valence-electron chi connectivity index (χ2n) is 8.14. The largest absolute Gasteiger partial charge is 0.325 e. The van der Waals surface area contributed by atoms with E-state index in [1.807, 2.05) is 106 Å². The zero-order valence-electron chi connectivity index (χ0n) is 19.4. The van der Waals surface area contributed by atoms with Gasteiger partial charge in [0.2, 0.25) is 5.91 Å². The van der Waals surface area contributed by atoms with Crippen LogP contribution in [0, 0.1) is 25.2 Å². The van der Waals surface area contributed by atoms with Crippen molar-refractivity contribution in [2.45, 2.75) is 31.0 Å². The Kier molecular flexibility index (Phi) is 7.10. The second kappa shape index (κ2) is 10.4. The Morgan fingerprint density at radius 2 is 1.62 bits per heavy atom. The first-order valence-electron chi connectivity index (χ1n) is 11.1. The molecule has 34 heavy (non-hydrogen) atoms. The molecule has 5 heteroatoms. The van der Waals surface area contributed by atoms with Crippen LogP contribution in [-0.4, -0.2) is 16.1 Å². The number of aryl methyl sites for hydroxylation is 2. The molecule has 0 radical (unpaired) electrons. The maximum absolute atomic E-state index is 13.0. The Labute approximate surface area is 204 Å². The molecule has 0 aliphatic carbocycles. The van der Waals surface area contributed by atoms with Crippen molar-refractivity contribution in [3.05, 3.63) is 102 Å². The SMILES string of the molecule is Cc1ccc(-c2cc(-c3ccccc3)c(C#N)c(S[C@H](C)C(=O)Nc3ccccc3C)n2)cc1. The van der Waals surface area contributed by atoms with E-state index in [2.05, 4.69) is 11.4 Å². The molecule has 1 heterocycles. The van der Waals surface area contributed by atoms with Gasteiger partial charge in [-0.15, -0.1) is 0 Å². The molecule has 1 amide bonds. The molecule has 4 rings (SSSR count). The summed E-state index contributed by atoms with van der Waals surface area (Å²) in [6.45, 7) is 5.84. The first-order valence-corrected chi connectivity index (χ1v) is 11.9. The van der Waals surface area contributed by atoms with Crippen LogP contribution in [-0.2, 0) is 4.79 Å². The minimum Gasteiger partial charge on any atom is -0.325 e. The van der Waals surface area contributed by atoms with Crippen molar-refractivity contribution in [3.63, 3.8) is 0 Å². The molecule has 168 valence electrons. The summed E-state index contributed by atoms with van der Waals surface area (Å²) in [5, 5.41) is 13.2. The number of hydrogen-bond acceptors (Lipinski definition) is 4. The fourth-order valence-electron chi connectivity index (χ4n) is 3.60. The number of rotatable bonds is 6. The first kappa shape index (κ1) is 23.3. The summed E-state index contributed by atoms with van der Waals surface area (Å²) in [5.41, 5.74) is 6.90. The van der Waals surface area contributed by atoms with Crippen LogP contribution < -0.4 is 5.32 Å². The van der Waals surface area contributed by atoms with Gasteiger partial charge in [-0.2, -0.15) is 5.26 Å². The number of benzene rings is 3. The highest BCUT2D eigenvalue weighted by Crippen LogP contribution is 2.36. The third kappa shape index (κ3) is 5.19. The Morgan fingerprint density at radius 1 is 0.941 bits per heavy atom. The van der Waals surface area contributed by atoms with Gasteiger partial charge in [-0.25, -0.2) is 4.98 Å². The molecule has 0 unspecified atom stereocenters. The maximum Gasteiger partial charge on any atom is 0.237 e. The number of aromatic nitrogens is 1. The summed E-state index contributed by atoms with van der Waals surface area (Å²) in [4.78, 5) is 17.8. The number of hydrogen-bond donors (Lipinski definition) is 1. The molecule has 0 aliphatic rings. The molecule has 0 bridgehead atoms. The van der Waals surface area contributed by atoms with E-state index < -0.39 is 5.25 Å². The molecule has 0 fully saturated rings. The van der Waals surface area contributed by atoms with Crippen LogP contribution in [0.3, 0.4) is 0 Å². The number of nitrogens with zero attached hydrogens (tertiary/aromatic N) is 2. The molecule has 1 aromatic heterocycles. The van der Waals surface area contributed by atoms with E-state index in [0.29, 0.717) is 10.6 Å².